The van der Waals surface area contributed by atoms with Crippen molar-refractivity contribution in [2.75, 3.05) is 11.6 Å². The molecule has 0 aliphatic rings. The van der Waals surface area contributed by atoms with E-state index in [4.69, 9.17) is 11.6 Å². The predicted molar refractivity (Wildman–Crippen MR) is 70.2 cm³/mol. The minimum Gasteiger partial charge on any atom is -0.218 e. The Bertz CT molecular complexity index is 492. The van der Waals surface area contributed by atoms with Gasteiger partial charge in [0.2, 0.25) is 9.84 Å². The van der Waals surface area contributed by atoms with Gasteiger partial charge in [-0.15, -0.1) is 23.4 Å². The monoisotopic (exact) mass is 314 g/mol. The highest BCUT2D eigenvalue weighted by Crippen LogP contribution is 2.30. The van der Waals surface area contributed by atoms with Gasteiger partial charge in [0.1, 0.15) is 0 Å². The molecule has 0 spiro atoms. The Labute approximate surface area is 115 Å². The van der Waals surface area contributed by atoms with Crippen LogP contribution in [0.15, 0.2) is 34.1 Å². The molecular formula is C11H13ClF2O2S2. The van der Waals surface area contributed by atoms with E-state index in [-0.39, 0.29) is 10.8 Å². The fourth-order valence-corrected chi connectivity index (χ4v) is 3.72. The van der Waals surface area contributed by atoms with E-state index in [1.807, 2.05) is 6.92 Å². The summed E-state index contributed by atoms with van der Waals surface area (Å²) in [7, 11) is -4.55. The molecule has 0 aliphatic carbocycles. The minimum absolute atomic E-state index is 0.180. The van der Waals surface area contributed by atoms with Crippen molar-refractivity contribution >= 4 is 33.2 Å². The molecule has 18 heavy (non-hydrogen) atoms. The first-order valence-corrected chi connectivity index (χ1v) is 8.26. The van der Waals surface area contributed by atoms with Gasteiger partial charge in [-0.2, -0.15) is 8.78 Å². The van der Waals surface area contributed by atoms with E-state index in [1.54, 1.807) is 6.07 Å². The lowest BCUT2D eigenvalue weighted by molar-refractivity contribution is 0.234. The smallest absolute Gasteiger partial charge is 0.218 e. The average molecular weight is 315 g/mol. The number of benzene rings is 1. The Morgan fingerprint density at radius 3 is 2.50 bits per heavy atom. The first-order chi connectivity index (χ1) is 8.39. The molecule has 0 radical (unpaired) electrons. The molecule has 0 amide bonds. The molecule has 7 heteroatoms. The number of alkyl halides is 3. The molecule has 0 saturated heterocycles. The quantitative estimate of drug-likeness (QED) is 0.594. The normalized spacial score (nSPS) is 13.8. The van der Waals surface area contributed by atoms with Gasteiger partial charge in [-0.3, -0.25) is 0 Å². The predicted octanol–water partition coefficient (Wildman–Crippen LogP) is 3.65. The molecular weight excluding hydrogens is 302 g/mol. The molecule has 1 aromatic carbocycles. The summed E-state index contributed by atoms with van der Waals surface area (Å²) >= 11 is 6.87. The minimum atomic E-state index is -4.55. The van der Waals surface area contributed by atoms with Crippen molar-refractivity contribution in [1.82, 2.24) is 0 Å². The lowest BCUT2D eigenvalue weighted by Gasteiger charge is -2.11. The topological polar surface area (TPSA) is 34.1 Å². The molecule has 0 heterocycles. The van der Waals surface area contributed by atoms with Gasteiger partial charge in [0.05, 0.1) is 4.90 Å². The van der Waals surface area contributed by atoms with Crippen LogP contribution in [0.25, 0.3) is 0 Å². The molecule has 0 fully saturated rings. The summed E-state index contributed by atoms with van der Waals surface area (Å²) in [5.41, 5.74) is 0. The first-order valence-electron chi connectivity index (χ1n) is 5.19. The standard InChI is InChI=1S/C11H13ClF2O2S2/c1-8(6-12)7-17-9-4-2-3-5-10(9)18(15,16)11(13)14/h2-5,8,11H,6-7H2,1H3. The zero-order valence-electron chi connectivity index (χ0n) is 9.65. The van der Waals surface area contributed by atoms with E-state index < -0.39 is 15.6 Å². The largest absolute Gasteiger partial charge is 0.341 e. The highest BCUT2D eigenvalue weighted by Gasteiger charge is 2.28. The van der Waals surface area contributed by atoms with E-state index >= 15 is 0 Å². The molecule has 1 aromatic rings. The van der Waals surface area contributed by atoms with E-state index in [0.717, 1.165) is 0 Å². The van der Waals surface area contributed by atoms with Gasteiger partial charge in [0, 0.05) is 16.5 Å². The molecule has 1 rings (SSSR count). The molecule has 0 aromatic heterocycles. The van der Waals surface area contributed by atoms with Crippen LogP contribution in [0.3, 0.4) is 0 Å². The van der Waals surface area contributed by atoms with E-state index in [0.29, 0.717) is 16.5 Å². The maximum absolute atomic E-state index is 12.5. The zero-order valence-corrected chi connectivity index (χ0v) is 12.0. The Balaban J connectivity index is 3.01. The number of hydrogen-bond acceptors (Lipinski definition) is 3. The van der Waals surface area contributed by atoms with Gasteiger partial charge in [0.15, 0.2) is 0 Å². The lowest BCUT2D eigenvalue weighted by atomic mass is 10.3. The van der Waals surface area contributed by atoms with Crippen LogP contribution in [-0.2, 0) is 9.84 Å². The van der Waals surface area contributed by atoms with Crippen LogP contribution in [0.2, 0.25) is 0 Å². The van der Waals surface area contributed by atoms with Crippen LogP contribution in [0, 0.1) is 5.92 Å². The maximum atomic E-state index is 12.5. The van der Waals surface area contributed by atoms with E-state index in [9.17, 15) is 17.2 Å². The summed E-state index contributed by atoms with van der Waals surface area (Å²) in [6.45, 7) is 1.91. The van der Waals surface area contributed by atoms with Crippen molar-refractivity contribution in [2.45, 2.75) is 22.5 Å². The second-order valence-electron chi connectivity index (χ2n) is 3.82. The molecule has 1 atom stereocenters. The molecule has 102 valence electrons. The number of thioether (sulfide) groups is 1. The maximum Gasteiger partial charge on any atom is 0.341 e. The summed E-state index contributed by atoms with van der Waals surface area (Å²) in [6, 6.07) is 5.79. The first kappa shape index (κ1) is 15.7. The van der Waals surface area contributed by atoms with E-state index in [1.165, 1.54) is 30.0 Å². The van der Waals surface area contributed by atoms with Crippen LogP contribution >= 0.6 is 23.4 Å². The van der Waals surface area contributed by atoms with Crippen LogP contribution < -0.4 is 0 Å². The Morgan fingerprint density at radius 2 is 1.94 bits per heavy atom. The molecule has 0 bridgehead atoms. The van der Waals surface area contributed by atoms with Gasteiger partial charge < -0.3 is 0 Å². The Kier molecular flexibility index (Phi) is 5.88. The number of hydrogen-bond donors (Lipinski definition) is 0. The number of rotatable bonds is 6. The molecule has 1 unspecified atom stereocenters. The van der Waals surface area contributed by atoms with E-state index in [2.05, 4.69) is 0 Å². The Hall–Kier alpha value is -0.330. The van der Waals surface area contributed by atoms with Crippen LogP contribution in [0.5, 0.6) is 0 Å². The van der Waals surface area contributed by atoms with Gasteiger partial charge in [-0.1, -0.05) is 19.1 Å². The van der Waals surface area contributed by atoms with Gasteiger partial charge in [0.25, 0.3) is 0 Å². The SMILES string of the molecule is CC(CCl)CSc1ccccc1S(=O)(=O)C(F)F. The third kappa shape index (κ3) is 3.83. The second kappa shape index (κ2) is 6.73. The fraction of sp³-hybridized carbons (Fsp3) is 0.455. The van der Waals surface area contributed by atoms with Gasteiger partial charge in [-0.05, 0) is 18.1 Å². The van der Waals surface area contributed by atoms with Crippen LogP contribution in [0.1, 0.15) is 6.92 Å². The zero-order chi connectivity index (χ0) is 13.8. The third-order valence-corrected chi connectivity index (χ3v) is 5.67. The number of halogens is 3. The summed E-state index contributed by atoms with van der Waals surface area (Å²) in [5.74, 6) is -2.19. The van der Waals surface area contributed by atoms with Crippen molar-refractivity contribution in [3.8, 4) is 0 Å². The molecule has 0 N–H and O–H groups in total. The fourth-order valence-electron chi connectivity index (χ4n) is 1.18. The summed E-state index contributed by atoms with van der Waals surface area (Å²) in [4.78, 5) is 0.0292. The van der Waals surface area contributed by atoms with Crippen LogP contribution in [-0.4, -0.2) is 25.8 Å². The van der Waals surface area contributed by atoms with Gasteiger partial charge >= 0.3 is 5.76 Å². The highest BCUT2D eigenvalue weighted by molar-refractivity contribution is 8.00. The summed E-state index contributed by atoms with van der Waals surface area (Å²) in [6.07, 6.45) is 0. The summed E-state index contributed by atoms with van der Waals surface area (Å²) < 4.78 is 48.0. The second-order valence-corrected chi connectivity index (χ2v) is 7.08. The van der Waals surface area contributed by atoms with Crippen molar-refractivity contribution in [1.29, 1.82) is 0 Å². The lowest BCUT2D eigenvalue weighted by Crippen LogP contribution is -2.12. The average Bonchev–Trinajstić information content (AvgIpc) is 2.35. The molecule has 0 saturated carbocycles. The molecule has 0 aliphatic heterocycles. The van der Waals surface area contributed by atoms with Gasteiger partial charge in [-0.25, -0.2) is 8.42 Å². The Morgan fingerprint density at radius 1 is 1.33 bits per heavy atom. The molecule has 2 nitrogen and oxygen atoms in total. The van der Waals surface area contributed by atoms with Crippen molar-refractivity contribution in [3.63, 3.8) is 0 Å². The van der Waals surface area contributed by atoms with Crippen molar-refractivity contribution in [2.24, 2.45) is 5.92 Å². The van der Waals surface area contributed by atoms with Crippen molar-refractivity contribution < 1.29 is 17.2 Å². The summed E-state index contributed by atoms with van der Waals surface area (Å²) in [5, 5.41) is 0. The number of sulfone groups is 1. The highest BCUT2D eigenvalue weighted by atomic mass is 35.5. The third-order valence-electron chi connectivity index (χ3n) is 2.18. The van der Waals surface area contributed by atoms with Crippen LogP contribution in [0.4, 0.5) is 8.78 Å². The van der Waals surface area contributed by atoms with Crippen molar-refractivity contribution in [3.05, 3.63) is 24.3 Å².